The first kappa shape index (κ1) is 11.3. The van der Waals surface area contributed by atoms with Gasteiger partial charge in [0.05, 0.1) is 12.5 Å². The van der Waals surface area contributed by atoms with Crippen LogP contribution in [0.15, 0.2) is 46.1 Å². The van der Waals surface area contributed by atoms with Crippen LogP contribution in [0.4, 0.5) is 0 Å². The number of rotatable bonds is 3. The molecule has 3 rings (SSSR count). The highest BCUT2D eigenvalue weighted by atomic mass is 16.7. The molecule has 2 aromatic rings. The van der Waals surface area contributed by atoms with Crippen molar-refractivity contribution in [2.45, 2.75) is 0 Å². The van der Waals surface area contributed by atoms with Gasteiger partial charge in [0.2, 0.25) is 6.79 Å². The Balaban J connectivity index is 1.67. The van der Waals surface area contributed by atoms with Crippen LogP contribution in [0.25, 0.3) is 0 Å². The van der Waals surface area contributed by atoms with E-state index in [4.69, 9.17) is 13.9 Å². The highest BCUT2D eigenvalue weighted by Gasteiger charge is 2.15. The summed E-state index contributed by atoms with van der Waals surface area (Å²) in [4.78, 5) is 11.8. The number of carbonyl (C=O) groups is 1. The van der Waals surface area contributed by atoms with Crippen molar-refractivity contribution in [3.63, 3.8) is 0 Å². The third-order valence-electron chi connectivity index (χ3n) is 2.54. The van der Waals surface area contributed by atoms with Gasteiger partial charge in [0.15, 0.2) is 11.5 Å². The van der Waals surface area contributed by atoms with Crippen molar-refractivity contribution < 1.29 is 18.7 Å². The van der Waals surface area contributed by atoms with Gasteiger partial charge in [-0.2, -0.15) is 5.10 Å². The standard InChI is InChI=1S/C13H10N2O4/c16-13(15-14-7-10-2-1-5-17-10)9-3-4-11-12(6-9)19-8-18-11/h1-7H,8H2,(H,15,16)/b14-7-. The second kappa shape index (κ2) is 4.85. The lowest BCUT2D eigenvalue weighted by Gasteiger charge is -2.01. The lowest BCUT2D eigenvalue weighted by Crippen LogP contribution is -2.17. The molecule has 0 spiro atoms. The van der Waals surface area contributed by atoms with Crippen LogP contribution in [0.1, 0.15) is 16.1 Å². The van der Waals surface area contributed by atoms with E-state index in [2.05, 4.69) is 10.5 Å². The SMILES string of the molecule is O=C(N/N=C\c1ccco1)c1ccc2c(c1)OCO2. The molecule has 1 N–H and O–H groups in total. The van der Waals surface area contributed by atoms with Crippen LogP contribution >= 0.6 is 0 Å². The normalized spacial score (nSPS) is 12.8. The van der Waals surface area contributed by atoms with Crippen LogP contribution in [0.2, 0.25) is 0 Å². The Morgan fingerprint density at radius 3 is 3.00 bits per heavy atom. The Morgan fingerprint density at radius 2 is 2.16 bits per heavy atom. The fourth-order valence-corrected chi connectivity index (χ4v) is 1.62. The molecule has 96 valence electrons. The number of nitrogens with one attached hydrogen (secondary N) is 1. The van der Waals surface area contributed by atoms with Crippen molar-refractivity contribution in [2.24, 2.45) is 5.10 Å². The van der Waals surface area contributed by atoms with Gasteiger partial charge in [0, 0.05) is 5.56 Å². The summed E-state index contributed by atoms with van der Waals surface area (Å²) in [6.07, 6.45) is 2.95. The van der Waals surface area contributed by atoms with E-state index >= 15 is 0 Å². The number of hydrogen-bond donors (Lipinski definition) is 1. The fourth-order valence-electron chi connectivity index (χ4n) is 1.62. The first-order chi connectivity index (χ1) is 9.33. The van der Waals surface area contributed by atoms with Gasteiger partial charge in [-0.3, -0.25) is 4.79 Å². The summed E-state index contributed by atoms with van der Waals surface area (Å²) < 4.78 is 15.4. The predicted molar refractivity (Wildman–Crippen MR) is 66.3 cm³/mol. The van der Waals surface area contributed by atoms with E-state index in [0.717, 1.165) is 0 Å². The molecule has 6 heteroatoms. The molecule has 0 unspecified atom stereocenters. The van der Waals surface area contributed by atoms with Gasteiger partial charge < -0.3 is 13.9 Å². The molecule has 0 bridgehead atoms. The Labute approximate surface area is 108 Å². The minimum Gasteiger partial charge on any atom is -0.463 e. The number of amides is 1. The second-order valence-corrected chi connectivity index (χ2v) is 3.78. The summed E-state index contributed by atoms with van der Waals surface area (Å²) >= 11 is 0. The molecule has 19 heavy (non-hydrogen) atoms. The molecule has 2 heterocycles. The highest BCUT2D eigenvalue weighted by Crippen LogP contribution is 2.32. The van der Waals surface area contributed by atoms with Crippen molar-refractivity contribution in [1.29, 1.82) is 0 Å². The van der Waals surface area contributed by atoms with E-state index in [9.17, 15) is 4.79 Å². The van der Waals surface area contributed by atoms with Crippen LogP contribution in [0.5, 0.6) is 11.5 Å². The van der Waals surface area contributed by atoms with Gasteiger partial charge >= 0.3 is 0 Å². The monoisotopic (exact) mass is 258 g/mol. The zero-order valence-corrected chi connectivity index (χ0v) is 9.83. The van der Waals surface area contributed by atoms with Crippen molar-refractivity contribution in [2.75, 3.05) is 6.79 Å². The number of furan rings is 1. The Kier molecular flexibility index (Phi) is 2.89. The minimum absolute atomic E-state index is 0.178. The molecule has 0 fully saturated rings. The van der Waals surface area contributed by atoms with E-state index < -0.39 is 0 Å². The average molecular weight is 258 g/mol. The maximum atomic E-state index is 11.8. The molecular weight excluding hydrogens is 248 g/mol. The molecule has 6 nitrogen and oxygen atoms in total. The summed E-state index contributed by atoms with van der Waals surface area (Å²) in [7, 11) is 0. The van der Waals surface area contributed by atoms with Crippen molar-refractivity contribution in [1.82, 2.24) is 5.43 Å². The Bertz CT molecular complexity index is 620. The molecule has 1 amide bonds. The van der Waals surface area contributed by atoms with Crippen molar-refractivity contribution in [3.05, 3.63) is 47.9 Å². The molecular formula is C13H10N2O4. The minimum atomic E-state index is -0.332. The number of benzene rings is 1. The van der Waals surface area contributed by atoms with Crippen molar-refractivity contribution in [3.8, 4) is 11.5 Å². The molecule has 0 radical (unpaired) electrons. The maximum Gasteiger partial charge on any atom is 0.271 e. The van der Waals surface area contributed by atoms with E-state index in [0.29, 0.717) is 22.8 Å². The second-order valence-electron chi connectivity index (χ2n) is 3.78. The lowest BCUT2D eigenvalue weighted by atomic mass is 10.2. The molecule has 0 aliphatic carbocycles. The van der Waals surface area contributed by atoms with E-state index in [1.165, 1.54) is 12.5 Å². The van der Waals surface area contributed by atoms with Gasteiger partial charge in [-0.25, -0.2) is 5.43 Å². The quantitative estimate of drug-likeness (QED) is 0.672. The molecule has 1 aliphatic rings. The van der Waals surface area contributed by atoms with Gasteiger partial charge in [0.25, 0.3) is 5.91 Å². The van der Waals surface area contributed by atoms with Gasteiger partial charge in [-0.05, 0) is 30.3 Å². The zero-order chi connectivity index (χ0) is 13.1. The molecule has 0 saturated carbocycles. The number of fused-ring (bicyclic) bond motifs is 1. The van der Waals surface area contributed by atoms with Crippen LogP contribution in [0.3, 0.4) is 0 Å². The first-order valence-electron chi connectivity index (χ1n) is 5.59. The van der Waals surface area contributed by atoms with Crippen LogP contribution < -0.4 is 14.9 Å². The number of hydrazone groups is 1. The largest absolute Gasteiger partial charge is 0.463 e. The molecule has 1 aromatic heterocycles. The summed E-state index contributed by atoms with van der Waals surface area (Å²) in [6, 6.07) is 8.41. The number of carbonyl (C=O) groups excluding carboxylic acids is 1. The van der Waals surface area contributed by atoms with Gasteiger partial charge in [-0.15, -0.1) is 0 Å². The first-order valence-corrected chi connectivity index (χ1v) is 5.59. The summed E-state index contributed by atoms with van der Waals surface area (Å²) in [5.74, 6) is 1.42. The Hall–Kier alpha value is -2.76. The summed E-state index contributed by atoms with van der Waals surface area (Å²) in [5.41, 5.74) is 2.85. The number of hydrogen-bond acceptors (Lipinski definition) is 5. The highest BCUT2D eigenvalue weighted by molar-refractivity contribution is 5.95. The Morgan fingerprint density at radius 1 is 1.26 bits per heavy atom. The number of nitrogens with zero attached hydrogens (tertiary/aromatic N) is 1. The third kappa shape index (κ3) is 2.42. The van der Waals surface area contributed by atoms with E-state index in [1.54, 1.807) is 30.3 Å². The summed E-state index contributed by atoms with van der Waals surface area (Å²) in [5, 5.41) is 3.79. The summed E-state index contributed by atoms with van der Waals surface area (Å²) in [6.45, 7) is 0.178. The average Bonchev–Trinajstić information content (AvgIpc) is 3.08. The molecule has 0 saturated heterocycles. The smallest absolute Gasteiger partial charge is 0.271 e. The van der Waals surface area contributed by atoms with Crippen LogP contribution in [0, 0.1) is 0 Å². The van der Waals surface area contributed by atoms with Crippen LogP contribution in [-0.2, 0) is 0 Å². The molecule has 0 atom stereocenters. The predicted octanol–water partition coefficient (Wildman–Crippen LogP) is 1.77. The number of ether oxygens (including phenoxy) is 2. The topological polar surface area (TPSA) is 73.1 Å². The van der Waals surface area contributed by atoms with Crippen LogP contribution in [-0.4, -0.2) is 18.9 Å². The third-order valence-corrected chi connectivity index (χ3v) is 2.54. The lowest BCUT2D eigenvalue weighted by molar-refractivity contribution is 0.0954. The maximum absolute atomic E-state index is 11.8. The van der Waals surface area contributed by atoms with E-state index in [-0.39, 0.29) is 12.7 Å². The molecule has 1 aliphatic heterocycles. The van der Waals surface area contributed by atoms with Gasteiger partial charge in [0.1, 0.15) is 5.76 Å². The van der Waals surface area contributed by atoms with E-state index in [1.807, 2.05) is 0 Å². The molecule has 1 aromatic carbocycles. The van der Waals surface area contributed by atoms with Gasteiger partial charge in [-0.1, -0.05) is 0 Å². The fraction of sp³-hybridized carbons (Fsp3) is 0.0769. The van der Waals surface area contributed by atoms with Crippen molar-refractivity contribution >= 4 is 12.1 Å². The zero-order valence-electron chi connectivity index (χ0n) is 9.83.